The Morgan fingerprint density at radius 1 is 1.12 bits per heavy atom. The molecule has 0 spiro atoms. The van der Waals surface area contributed by atoms with E-state index in [2.05, 4.69) is 4.90 Å². The highest BCUT2D eigenvalue weighted by atomic mass is 19.4. The lowest BCUT2D eigenvalue weighted by Crippen LogP contribution is -2.56. The fourth-order valence-corrected chi connectivity index (χ4v) is 2.90. The van der Waals surface area contributed by atoms with Crippen LogP contribution in [0.3, 0.4) is 0 Å². The van der Waals surface area contributed by atoms with Crippen LogP contribution in [0.5, 0.6) is 0 Å². The topological polar surface area (TPSA) is 23.6 Å². The summed E-state index contributed by atoms with van der Waals surface area (Å²) in [5.41, 5.74) is -0.0488. The fraction of sp³-hybridized carbons (Fsp3) is 0.909. The fourth-order valence-electron chi connectivity index (χ4n) is 2.90. The highest BCUT2D eigenvalue weighted by Gasteiger charge is 2.53. The van der Waals surface area contributed by atoms with E-state index in [9.17, 15) is 18.0 Å². The maximum absolute atomic E-state index is 12.4. The van der Waals surface area contributed by atoms with Gasteiger partial charge in [0, 0.05) is 30.7 Å². The summed E-state index contributed by atoms with van der Waals surface area (Å²) in [6, 6.07) is -0.195. The van der Waals surface area contributed by atoms with E-state index in [4.69, 9.17) is 0 Å². The summed E-state index contributed by atoms with van der Waals surface area (Å²) in [5.74, 6) is -1.68. The predicted octanol–water partition coefficient (Wildman–Crippen LogP) is 1.63. The molecular formula is C11H17F3N2O. The van der Waals surface area contributed by atoms with Crippen LogP contribution in [0.4, 0.5) is 13.2 Å². The van der Waals surface area contributed by atoms with Crippen LogP contribution in [-0.2, 0) is 4.79 Å². The second-order valence-corrected chi connectivity index (χ2v) is 5.82. The SMILES string of the molecule is CC(C)(C)N1CC2CC1CN2C(=O)C(F)(F)F. The Bertz CT molecular complexity index is 335. The van der Waals surface area contributed by atoms with Crippen LogP contribution in [0.1, 0.15) is 27.2 Å². The first-order chi connectivity index (χ1) is 7.60. The number of rotatable bonds is 0. The maximum atomic E-state index is 12.4. The molecule has 3 nitrogen and oxygen atoms in total. The summed E-state index contributed by atoms with van der Waals surface area (Å²) >= 11 is 0. The molecule has 6 heteroatoms. The van der Waals surface area contributed by atoms with E-state index in [0.29, 0.717) is 13.0 Å². The number of hydrogen-bond donors (Lipinski definition) is 0. The summed E-state index contributed by atoms with van der Waals surface area (Å²) in [5, 5.41) is 0. The Balaban J connectivity index is 2.06. The quantitative estimate of drug-likeness (QED) is 0.652. The van der Waals surface area contributed by atoms with Gasteiger partial charge in [-0.15, -0.1) is 0 Å². The molecule has 17 heavy (non-hydrogen) atoms. The highest BCUT2D eigenvalue weighted by molar-refractivity contribution is 5.82. The first-order valence-corrected chi connectivity index (χ1v) is 5.75. The number of fused-ring (bicyclic) bond motifs is 2. The average molecular weight is 250 g/mol. The number of amides is 1. The molecule has 2 aliphatic rings. The van der Waals surface area contributed by atoms with Gasteiger partial charge < -0.3 is 4.90 Å². The van der Waals surface area contributed by atoms with Gasteiger partial charge in [-0.2, -0.15) is 13.2 Å². The number of hydrogen-bond acceptors (Lipinski definition) is 2. The molecule has 2 saturated heterocycles. The normalized spacial score (nSPS) is 30.1. The van der Waals surface area contributed by atoms with E-state index in [1.165, 1.54) is 0 Å². The van der Waals surface area contributed by atoms with Crippen LogP contribution >= 0.6 is 0 Å². The van der Waals surface area contributed by atoms with E-state index in [1.54, 1.807) is 0 Å². The summed E-state index contributed by atoms with van der Waals surface area (Å²) in [6.07, 6.45) is -4.07. The maximum Gasteiger partial charge on any atom is 0.471 e. The van der Waals surface area contributed by atoms with Crippen molar-refractivity contribution in [1.82, 2.24) is 9.80 Å². The molecule has 2 heterocycles. The largest absolute Gasteiger partial charge is 0.471 e. The number of likely N-dealkylation sites (tertiary alicyclic amines) is 2. The molecule has 0 aromatic heterocycles. The molecule has 0 N–H and O–H groups in total. The van der Waals surface area contributed by atoms with Crippen molar-refractivity contribution in [3.8, 4) is 0 Å². The van der Waals surface area contributed by atoms with Gasteiger partial charge in [0.1, 0.15) is 0 Å². The first-order valence-electron chi connectivity index (χ1n) is 5.75. The Morgan fingerprint density at radius 2 is 1.71 bits per heavy atom. The van der Waals surface area contributed by atoms with Gasteiger partial charge in [-0.25, -0.2) is 0 Å². The Hall–Kier alpha value is -0.780. The van der Waals surface area contributed by atoms with E-state index >= 15 is 0 Å². The van der Waals surface area contributed by atoms with Crippen molar-refractivity contribution < 1.29 is 18.0 Å². The van der Waals surface area contributed by atoms with Gasteiger partial charge in [0.15, 0.2) is 0 Å². The first kappa shape index (κ1) is 12.7. The molecule has 0 radical (unpaired) electrons. The van der Waals surface area contributed by atoms with Crippen LogP contribution < -0.4 is 0 Å². The second kappa shape index (κ2) is 3.60. The molecule has 2 unspecified atom stereocenters. The lowest BCUT2D eigenvalue weighted by Gasteiger charge is -2.42. The lowest BCUT2D eigenvalue weighted by atomic mass is 10.0. The standard InChI is InChI=1S/C11H17F3N2O/c1-10(2,3)16-6-7-4-8(16)5-15(7)9(17)11(12,13)14/h7-8H,4-6H2,1-3H3. The van der Waals surface area contributed by atoms with Crippen molar-refractivity contribution in [3.63, 3.8) is 0 Å². The zero-order chi connectivity index (χ0) is 13.0. The minimum absolute atomic E-state index is 0.0488. The summed E-state index contributed by atoms with van der Waals surface area (Å²) in [6.45, 7) is 6.90. The average Bonchev–Trinajstić information content (AvgIpc) is 2.71. The summed E-state index contributed by atoms with van der Waals surface area (Å²) < 4.78 is 37.1. The number of piperazine rings is 1. The summed E-state index contributed by atoms with van der Waals surface area (Å²) in [4.78, 5) is 14.4. The van der Waals surface area contributed by atoms with Crippen LogP contribution in [-0.4, -0.2) is 52.6 Å². The second-order valence-electron chi connectivity index (χ2n) is 5.82. The monoisotopic (exact) mass is 250 g/mol. The Morgan fingerprint density at radius 3 is 2.06 bits per heavy atom. The van der Waals surface area contributed by atoms with Crippen molar-refractivity contribution in [2.24, 2.45) is 0 Å². The van der Waals surface area contributed by atoms with E-state index in [1.807, 2.05) is 20.8 Å². The van der Waals surface area contributed by atoms with Gasteiger partial charge in [-0.1, -0.05) is 0 Å². The van der Waals surface area contributed by atoms with E-state index in [-0.39, 0.29) is 24.2 Å². The molecule has 0 aliphatic carbocycles. The molecular weight excluding hydrogens is 233 g/mol. The van der Waals surface area contributed by atoms with Gasteiger partial charge in [0.2, 0.25) is 0 Å². The number of alkyl halides is 3. The number of halogens is 3. The number of carbonyl (C=O) groups excluding carboxylic acids is 1. The molecule has 2 bridgehead atoms. The van der Waals surface area contributed by atoms with E-state index < -0.39 is 12.1 Å². The van der Waals surface area contributed by atoms with Crippen molar-refractivity contribution >= 4 is 5.91 Å². The lowest BCUT2D eigenvalue weighted by molar-refractivity contribution is -0.188. The van der Waals surface area contributed by atoms with Gasteiger partial charge in [0.25, 0.3) is 0 Å². The van der Waals surface area contributed by atoms with Gasteiger partial charge in [-0.05, 0) is 27.2 Å². The van der Waals surface area contributed by atoms with Crippen LogP contribution in [0.25, 0.3) is 0 Å². The third-order valence-corrected chi connectivity index (χ3v) is 3.61. The molecule has 2 rings (SSSR count). The number of nitrogens with zero attached hydrogens (tertiary/aromatic N) is 2. The molecule has 2 aliphatic heterocycles. The Kier molecular flexibility index (Phi) is 2.69. The minimum atomic E-state index is -4.74. The van der Waals surface area contributed by atoms with Crippen molar-refractivity contribution in [1.29, 1.82) is 0 Å². The van der Waals surface area contributed by atoms with Crippen LogP contribution in [0.2, 0.25) is 0 Å². The van der Waals surface area contributed by atoms with Crippen molar-refractivity contribution in [3.05, 3.63) is 0 Å². The molecule has 98 valence electrons. The molecule has 0 saturated carbocycles. The Labute approximate surface area is 98.6 Å². The van der Waals surface area contributed by atoms with Crippen molar-refractivity contribution in [2.75, 3.05) is 13.1 Å². The molecule has 1 amide bonds. The molecule has 2 fully saturated rings. The van der Waals surface area contributed by atoms with Crippen LogP contribution in [0.15, 0.2) is 0 Å². The number of carbonyl (C=O) groups is 1. The third kappa shape index (κ3) is 2.14. The van der Waals surface area contributed by atoms with E-state index in [0.717, 1.165) is 4.90 Å². The summed E-state index contributed by atoms with van der Waals surface area (Å²) in [7, 11) is 0. The molecule has 0 aromatic carbocycles. The molecule has 0 aromatic rings. The zero-order valence-corrected chi connectivity index (χ0v) is 10.2. The predicted molar refractivity (Wildman–Crippen MR) is 56.4 cm³/mol. The minimum Gasteiger partial charge on any atom is -0.329 e. The smallest absolute Gasteiger partial charge is 0.329 e. The van der Waals surface area contributed by atoms with Gasteiger partial charge >= 0.3 is 12.1 Å². The highest BCUT2D eigenvalue weighted by Crippen LogP contribution is 2.37. The van der Waals surface area contributed by atoms with Crippen LogP contribution in [0, 0.1) is 0 Å². The van der Waals surface area contributed by atoms with Gasteiger partial charge in [-0.3, -0.25) is 9.69 Å². The zero-order valence-electron chi connectivity index (χ0n) is 10.2. The van der Waals surface area contributed by atoms with Gasteiger partial charge in [0.05, 0.1) is 0 Å². The van der Waals surface area contributed by atoms with Crippen molar-refractivity contribution in [2.45, 2.75) is 51.0 Å². The third-order valence-electron chi connectivity index (χ3n) is 3.61. The molecule has 2 atom stereocenters.